The van der Waals surface area contributed by atoms with Gasteiger partial charge < -0.3 is 15.1 Å². The Balaban J connectivity index is 0.00000261. The van der Waals surface area contributed by atoms with Crippen molar-refractivity contribution in [2.45, 2.75) is 36.6 Å². The number of likely N-dealkylation sites (tertiary alicyclic amines) is 1. The Kier molecular flexibility index (Phi) is 7.25. The molecule has 7 nitrogen and oxygen atoms in total. The van der Waals surface area contributed by atoms with Gasteiger partial charge in [0, 0.05) is 44.7 Å². The summed E-state index contributed by atoms with van der Waals surface area (Å²) in [5.74, 6) is 0.626. The van der Waals surface area contributed by atoms with Crippen LogP contribution in [0.1, 0.15) is 31.2 Å². The van der Waals surface area contributed by atoms with Crippen molar-refractivity contribution < 1.29 is 13.2 Å². The molecule has 3 rings (SSSR count). The largest absolute Gasteiger partial charge is 0.358 e. The highest BCUT2D eigenvalue weighted by Crippen LogP contribution is 2.27. The summed E-state index contributed by atoms with van der Waals surface area (Å²) in [4.78, 5) is 16.4. The molecule has 1 fully saturated rings. The maximum absolute atomic E-state index is 12.4. The predicted molar refractivity (Wildman–Crippen MR) is 108 cm³/mol. The van der Waals surface area contributed by atoms with E-state index in [2.05, 4.69) is 9.71 Å². The first-order chi connectivity index (χ1) is 12.4. The average Bonchev–Trinajstić information content (AvgIpc) is 2.93. The summed E-state index contributed by atoms with van der Waals surface area (Å²) in [7, 11) is 0.147. The normalized spacial score (nSPS) is 20.4. The lowest BCUT2D eigenvalue weighted by molar-refractivity contribution is -0.132. The van der Waals surface area contributed by atoms with Gasteiger partial charge in [-0.3, -0.25) is 4.79 Å². The molecular weight excluding hydrogens is 388 g/mol. The fourth-order valence-electron chi connectivity index (χ4n) is 3.53. The number of benzene rings is 1. The van der Waals surface area contributed by atoms with Gasteiger partial charge in [-0.15, -0.1) is 16.8 Å². The number of amidine groups is 1. The van der Waals surface area contributed by atoms with Crippen molar-refractivity contribution in [3.8, 4) is 0 Å². The van der Waals surface area contributed by atoms with Gasteiger partial charge in [-0.25, -0.2) is 0 Å². The fourth-order valence-corrected chi connectivity index (χ4v) is 4.79. The molecule has 27 heavy (non-hydrogen) atoms. The summed E-state index contributed by atoms with van der Waals surface area (Å²) in [6.07, 6.45) is 3.26. The van der Waals surface area contributed by atoms with Gasteiger partial charge in [0.2, 0.25) is 5.91 Å². The standard InChI is InChI=1S/C18H26N4O3S.ClH/c1-19-14-7-5-12-22(13-14)17(23)10-6-11-21(2)18-15-8-3-4-9-16(15)26(24,25)20-18;/h3-4,8-9,14,19H,5-7,10-13H2,1-2H3;1H. The molecule has 0 spiro atoms. The summed E-state index contributed by atoms with van der Waals surface area (Å²) in [5.41, 5.74) is 0.634. The first-order valence-corrected chi connectivity index (χ1v) is 10.5. The highest BCUT2D eigenvalue weighted by Gasteiger charge is 2.30. The van der Waals surface area contributed by atoms with Crippen LogP contribution in [0.4, 0.5) is 0 Å². The smallest absolute Gasteiger partial charge is 0.285 e. The molecule has 2 aliphatic rings. The lowest BCUT2D eigenvalue weighted by Gasteiger charge is -2.32. The number of carbonyl (C=O) groups is 1. The van der Waals surface area contributed by atoms with Gasteiger partial charge in [0.25, 0.3) is 10.0 Å². The molecule has 1 N–H and O–H groups in total. The van der Waals surface area contributed by atoms with Crippen molar-refractivity contribution in [1.82, 2.24) is 15.1 Å². The number of rotatable bonds is 5. The molecule has 0 aromatic heterocycles. The maximum Gasteiger partial charge on any atom is 0.285 e. The molecule has 1 saturated heterocycles. The van der Waals surface area contributed by atoms with Crippen LogP contribution in [0, 0.1) is 0 Å². The zero-order valence-electron chi connectivity index (χ0n) is 15.7. The number of nitrogens with zero attached hydrogens (tertiary/aromatic N) is 3. The van der Waals surface area contributed by atoms with Gasteiger partial charge in [0.15, 0.2) is 0 Å². The number of sulfonamides is 1. The second-order valence-corrected chi connectivity index (χ2v) is 8.45. The molecular formula is C18H27ClN4O3S. The van der Waals surface area contributed by atoms with E-state index in [1.165, 1.54) is 0 Å². The minimum absolute atomic E-state index is 0. The molecule has 1 unspecified atom stereocenters. The number of amides is 1. The Morgan fingerprint density at radius 3 is 2.85 bits per heavy atom. The number of hydrogen-bond donors (Lipinski definition) is 1. The van der Waals surface area contributed by atoms with Gasteiger partial charge in [0.1, 0.15) is 10.7 Å². The number of hydrogen-bond acceptors (Lipinski definition) is 5. The number of nitrogens with one attached hydrogen (secondary N) is 1. The third-order valence-corrected chi connectivity index (χ3v) is 6.37. The second-order valence-electron chi connectivity index (χ2n) is 6.88. The van der Waals surface area contributed by atoms with Crippen LogP contribution in [0.3, 0.4) is 0 Å². The van der Waals surface area contributed by atoms with Crippen molar-refractivity contribution in [2.24, 2.45) is 4.40 Å². The van der Waals surface area contributed by atoms with E-state index < -0.39 is 10.0 Å². The Morgan fingerprint density at radius 2 is 2.11 bits per heavy atom. The average molecular weight is 415 g/mol. The second kappa shape index (κ2) is 9.03. The number of halogens is 1. The summed E-state index contributed by atoms with van der Waals surface area (Å²) in [6, 6.07) is 7.23. The molecule has 1 atom stereocenters. The molecule has 2 heterocycles. The van der Waals surface area contributed by atoms with Crippen molar-refractivity contribution in [1.29, 1.82) is 0 Å². The van der Waals surface area contributed by atoms with Crippen LogP contribution in [0.15, 0.2) is 33.6 Å². The number of likely N-dealkylation sites (N-methyl/N-ethyl adjacent to an activating group) is 1. The van der Waals surface area contributed by atoms with Crippen LogP contribution in [-0.4, -0.2) is 69.7 Å². The molecule has 0 saturated carbocycles. The Bertz CT molecular complexity index is 813. The van der Waals surface area contributed by atoms with E-state index in [1.54, 1.807) is 24.3 Å². The van der Waals surface area contributed by atoms with Gasteiger partial charge in [-0.1, -0.05) is 12.1 Å². The van der Waals surface area contributed by atoms with Crippen molar-refractivity contribution in [3.05, 3.63) is 29.8 Å². The van der Waals surface area contributed by atoms with Gasteiger partial charge >= 0.3 is 0 Å². The van der Waals surface area contributed by atoms with Crippen LogP contribution in [0.2, 0.25) is 0 Å². The highest BCUT2D eigenvalue weighted by atomic mass is 35.5. The Hall–Kier alpha value is -1.64. The fraction of sp³-hybridized carbons (Fsp3) is 0.556. The number of piperidine rings is 1. The Labute approximate surface area is 167 Å². The maximum atomic E-state index is 12.4. The monoisotopic (exact) mass is 414 g/mol. The van der Waals surface area contributed by atoms with E-state index >= 15 is 0 Å². The third kappa shape index (κ3) is 4.80. The quantitative estimate of drug-likeness (QED) is 0.789. The van der Waals surface area contributed by atoms with Crippen molar-refractivity contribution in [3.63, 3.8) is 0 Å². The molecule has 150 valence electrons. The molecule has 0 bridgehead atoms. The Morgan fingerprint density at radius 1 is 1.37 bits per heavy atom. The van der Waals surface area contributed by atoms with Crippen LogP contribution < -0.4 is 5.32 Å². The lowest BCUT2D eigenvalue weighted by Crippen LogP contribution is -2.47. The summed E-state index contributed by atoms with van der Waals surface area (Å²) >= 11 is 0. The van der Waals surface area contributed by atoms with Crippen LogP contribution >= 0.6 is 12.4 Å². The predicted octanol–water partition coefficient (Wildman–Crippen LogP) is 1.48. The number of fused-ring (bicyclic) bond motifs is 1. The molecule has 1 aromatic rings. The summed E-state index contributed by atoms with van der Waals surface area (Å²) in [6.45, 7) is 2.17. The molecule has 0 radical (unpaired) electrons. The molecule has 9 heteroatoms. The highest BCUT2D eigenvalue weighted by molar-refractivity contribution is 7.90. The summed E-state index contributed by atoms with van der Waals surface area (Å²) < 4.78 is 28.2. The topological polar surface area (TPSA) is 82.1 Å². The molecule has 0 aliphatic carbocycles. The zero-order valence-corrected chi connectivity index (χ0v) is 17.4. The molecule has 1 aromatic carbocycles. The van der Waals surface area contributed by atoms with Crippen molar-refractivity contribution >= 4 is 34.2 Å². The minimum Gasteiger partial charge on any atom is -0.358 e. The van der Waals surface area contributed by atoms with Crippen LogP contribution in [0.25, 0.3) is 0 Å². The van der Waals surface area contributed by atoms with Crippen LogP contribution in [-0.2, 0) is 14.8 Å². The van der Waals surface area contributed by atoms with Crippen molar-refractivity contribution in [2.75, 3.05) is 33.7 Å². The first-order valence-electron chi connectivity index (χ1n) is 9.03. The minimum atomic E-state index is -3.60. The molecule has 2 aliphatic heterocycles. The van der Waals surface area contributed by atoms with E-state index in [1.807, 2.05) is 23.9 Å². The van der Waals surface area contributed by atoms with E-state index in [0.717, 1.165) is 25.9 Å². The lowest BCUT2D eigenvalue weighted by atomic mass is 10.1. The van der Waals surface area contributed by atoms with Gasteiger partial charge in [-0.2, -0.15) is 8.42 Å². The third-order valence-electron chi connectivity index (χ3n) is 5.04. The number of carbonyl (C=O) groups excluding carboxylic acids is 1. The zero-order chi connectivity index (χ0) is 18.7. The van der Waals surface area contributed by atoms with E-state index in [0.29, 0.717) is 36.8 Å². The SMILES string of the molecule is CNC1CCCN(C(=O)CCCN(C)C2=NS(=O)(=O)c3ccccc32)C1.Cl. The van der Waals surface area contributed by atoms with Gasteiger partial charge in [-0.05, 0) is 38.4 Å². The summed E-state index contributed by atoms with van der Waals surface area (Å²) in [5, 5.41) is 3.24. The first kappa shape index (κ1) is 21.7. The van der Waals surface area contributed by atoms with E-state index in [9.17, 15) is 13.2 Å². The van der Waals surface area contributed by atoms with Crippen LogP contribution in [0.5, 0.6) is 0 Å². The van der Waals surface area contributed by atoms with E-state index in [-0.39, 0.29) is 23.2 Å². The molecule has 1 amide bonds. The van der Waals surface area contributed by atoms with E-state index in [4.69, 9.17) is 0 Å². The van der Waals surface area contributed by atoms with Gasteiger partial charge in [0.05, 0.1) is 0 Å².